The van der Waals surface area contributed by atoms with Crippen molar-refractivity contribution < 1.29 is 4.74 Å². The van der Waals surface area contributed by atoms with Gasteiger partial charge in [-0.3, -0.25) is 0 Å². The van der Waals surface area contributed by atoms with E-state index in [1.165, 1.54) is 10.9 Å². The van der Waals surface area contributed by atoms with Gasteiger partial charge in [-0.25, -0.2) is 4.98 Å². The zero-order chi connectivity index (χ0) is 14.4. The van der Waals surface area contributed by atoms with Crippen LogP contribution in [0.15, 0.2) is 30.3 Å². The number of aromatic nitrogens is 1. The van der Waals surface area contributed by atoms with E-state index in [4.69, 9.17) is 9.72 Å². The van der Waals surface area contributed by atoms with Crippen molar-refractivity contribution in [1.29, 1.82) is 0 Å². The normalized spacial score (nSPS) is 10.9. The molecule has 0 atom stereocenters. The first-order chi connectivity index (χ1) is 9.76. The lowest BCUT2D eigenvalue weighted by molar-refractivity contribution is 0.196. The van der Waals surface area contributed by atoms with Crippen molar-refractivity contribution in [3.8, 4) is 0 Å². The fourth-order valence-corrected chi connectivity index (χ4v) is 2.35. The molecule has 4 heteroatoms. The molecular weight excluding hydrogens is 250 g/mol. The first kappa shape index (κ1) is 14.8. The largest absolute Gasteiger partial charge is 0.385 e. The maximum absolute atomic E-state index is 5.12. The predicted octanol–water partition coefficient (Wildman–Crippen LogP) is 2.43. The number of hydrogen-bond acceptors (Lipinski definition) is 4. The van der Waals surface area contributed by atoms with E-state index in [1.54, 1.807) is 7.11 Å². The second-order valence-electron chi connectivity index (χ2n) is 4.96. The first-order valence-corrected chi connectivity index (χ1v) is 6.99. The Kier molecular flexibility index (Phi) is 5.32. The number of para-hydroxylation sites is 1. The molecule has 0 fully saturated rings. The monoisotopic (exact) mass is 273 g/mol. The third-order valence-electron chi connectivity index (χ3n) is 3.35. The highest BCUT2D eigenvalue weighted by Gasteiger charge is 2.10. The number of benzene rings is 1. The van der Waals surface area contributed by atoms with Gasteiger partial charge in [0, 0.05) is 44.8 Å². The molecule has 0 aliphatic carbocycles. The topological polar surface area (TPSA) is 37.4 Å². The van der Waals surface area contributed by atoms with Crippen LogP contribution in [0.4, 0.5) is 5.82 Å². The van der Waals surface area contributed by atoms with Crippen molar-refractivity contribution in [2.75, 3.05) is 39.3 Å². The van der Waals surface area contributed by atoms with Crippen LogP contribution >= 0.6 is 0 Å². The molecular formula is C16H23N3O. The van der Waals surface area contributed by atoms with Gasteiger partial charge >= 0.3 is 0 Å². The number of rotatable bonds is 7. The molecule has 20 heavy (non-hydrogen) atoms. The summed E-state index contributed by atoms with van der Waals surface area (Å²) in [6.07, 6.45) is 1.00. The van der Waals surface area contributed by atoms with Crippen LogP contribution in [-0.2, 0) is 11.3 Å². The summed E-state index contributed by atoms with van der Waals surface area (Å²) in [5.41, 5.74) is 2.27. The fourth-order valence-electron chi connectivity index (χ4n) is 2.35. The summed E-state index contributed by atoms with van der Waals surface area (Å²) in [7, 11) is 5.79. The van der Waals surface area contributed by atoms with Crippen molar-refractivity contribution in [3.63, 3.8) is 0 Å². The molecule has 0 aliphatic heterocycles. The zero-order valence-electron chi connectivity index (χ0n) is 12.5. The zero-order valence-corrected chi connectivity index (χ0v) is 12.5. The molecule has 4 nitrogen and oxygen atoms in total. The Balaban J connectivity index is 2.30. The minimum absolute atomic E-state index is 0.777. The van der Waals surface area contributed by atoms with Gasteiger partial charge in [-0.2, -0.15) is 0 Å². The van der Waals surface area contributed by atoms with Crippen LogP contribution in [0.5, 0.6) is 0 Å². The summed E-state index contributed by atoms with van der Waals surface area (Å²) in [5, 5.41) is 4.41. The fraction of sp³-hybridized carbons (Fsp3) is 0.438. The van der Waals surface area contributed by atoms with E-state index in [2.05, 4.69) is 41.5 Å². The van der Waals surface area contributed by atoms with Crippen LogP contribution < -0.4 is 10.2 Å². The van der Waals surface area contributed by atoms with E-state index < -0.39 is 0 Å². The SMILES string of the molecule is CNCc1cc2ccccc2nc1N(C)CCCOC. The predicted molar refractivity (Wildman–Crippen MR) is 84.3 cm³/mol. The molecule has 0 bridgehead atoms. The Morgan fingerprint density at radius 2 is 2.10 bits per heavy atom. The molecule has 1 aromatic heterocycles. The molecule has 1 heterocycles. The number of nitrogens with one attached hydrogen (secondary N) is 1. The molecule has 0 aliphatic rings. The molecule has 0 saturated heterocycles. The minimum Gasteiger partial charge on any atom is -0.385 e. The third kappa shape index (κ3) is 3.46. The molecule has 0 radical (unpaired) electrons. The van der Waals surface area contributed by atoms with Gasteiger partial charge in [0.1, 0.15) is 5.82 Å². The molecule has 0 amide bonds. The van der Waals surface area contributed by atoms with E-state index in [9.17, 15) is 0 Å². The lowest BCUT2D eigenvalue weighted by Crippen LogP contribution is -2.23. The van der Waals surface area contributed by atoms with Gasteiger partial charge in [-0.15, -0.1) is 0 Å². The van der Waals surface area contributed by atoms with E-state index in [-0.39, 0.29) is 0 Å². The molecule has 0 saturated carbocycles. The molecule has 1 aromatic carbocycles. The van der Waals surface area contributed by atoms with Gasteiger partial charge < -0.3 is 15.0 Å². The summed E-state index contributed by atoms with van der Waals surface area (Å²) < 4.78 is 5.12. The number of fused-ring (bicyclic) bond motifs is 1. The average Bonchev–Trinajstić information content (AvgIpc) is 2.47. The van der Waals surface area contributed by atoms with E-state index in [0.717, 1.165) is 37.5 Å². The van der Waals surface area contributed by atoms with Gasteiger partial charge in [0.15, 0.2) is 0 Å². The van der Waals surface area contributed by atoms with Crippen molar-refractivity contribution in [1.82, 2.24) is 10.3 Å². The number of hydrogen-bond donors (Lipinski definition) is 1. The number of methoxy groups -OCH3 is 1. The average molecular weight is 273 g/mol. The lowest BCUT2D eigenvalue weighted by Gasteiger charge is -2.22. The quantitative estimate of drug-likeness (QED) is 0.786. The number of ether oxygens (including phenoxy) is 1. The van der Waals surface area contributed by atoms with Gasteiger partial charge in [0.05, 0.1) is 5.52 Å². The van der Waals surface area contributed by atoms with Crippen LogP contribution in [0, 0.1) is 0 Å². The smallest absolute Gasteiger partial charge is 0.133 e. The number of anilines is 1. The summed E-state index contributed by atoms with van der Waals surface area (Å²) in [6.45, 7) is 2.54. The Labute approximate surface area is 120 Å². The van der Waals surface area contributed by atoms with Crippen LogP contribution in [0.1, 0.15) is 12.0 Å². The van der Waals surface area contributed by atoms with Gasteiger partial charge in [-0.05, 0) is 25.6 Å². The standard InChI is InChI=1S/C16H23N3O/c1-17-12-14-11-13-7-4-5-8-15(13)18-16(14)19(2)9-6-10-20-3/h4-5,7-8,11,17H,6,9-10,12H2,1-3H3. The Bertz CT molecular complexity index is 556. The summed E-state index contributed by atoms with van der Waals surface area (Å²) >= 11 is 0. The number of pyridine rings is 1. The van der Waals surface area contributed by atoms with Crippen molar-refractivity contribution in [2.24, 2.45) is 0 Å². The molecule has 0 unspecified atom stereocenters. The molecule has 2 rings (SSSR count). The summed E-state index contributed by atoms with van der Waals surface area (Å²) in [6, 6.07) is 10.5. The van der Waals surface area contributed by atoms with Crippen molar-refractivity contribution in [3.05, 3.63) is 35.9 Å². The molecule has 0 spiro atoms. The van der Waals surface area contributed by atoms with Gasteiger partial charge in [-0.1, -0.05) is 18.2 Å². The molecule has 1 N–H and O–H groups in total. The minimum atomic E-state index is 0.777. The maximum atomic E-state index is 5.12. The highest BCUT2D eigenvalue weighted by atomic mass is 16.5. The Morgan fingerprint density at radius 1 is 1.30 bits per heavy atom. The number of nitrogens with zero attached hydrogens (tertiary/aromatic N) is 2. The summed E-state index contributed by atoms with van der Waals surface area (Å²) in [5.74, 6) is 1.05. The second kappa shape index (κ2) is 7.22. The highest BCUT2D eigenvalue weighted by Crippen LogP contribution is 2.23. The Morgan fingerprint density at radius 3 is 2.85 bits per heavy atom. The molecule has 108 valence electrons. The maximum Gasteiger partial charge on any atom is 0.133 e. The summed E-state index contributed by atoms with van der Waals surface area (Å²) in [4.78, 5) is 7.02. The van der Waals surface area contributed by atoms with E-state index >= 15 is 0 Å². The van der Waals surface area contributed by atoms with Crippen LogP contribution in [0.3, 0.4) is 0 Å². The first-order valence-electron chi connectivity index (χ1n) is 6.99. The lowest BCUT2D eigenvalue weighted by atomic mass is 10.1. The van der Waals surface area contributed by atoms with Crippen LogP contribution in [0.25, 0.3) is 10.9 Å². The van der Waals surface area contributed by atoms with E-state index in [0.29, 0.717) is 0 Å². The second-order valence-corrected chi connectivity index (χ2v) is 4.96. The third-order valence-corrected chi connectivity index (χ3v) is 3.35. The van der Waals surface area contributed by atoms with Gasteiger partial charge in [0.2, 0.25) is 0 Å². The van der Waals surface area contributed by atoms with Gasteiger partial charge in [0.25, 0.3) is 0 Å². The van der Waals surface area contributed by atoms with Crippen LogP contribution in [-0.4, -0.2) is 39.3 Å². The van der Waals surface area contributed by atoms with Crippen molar-refractivity contribution in [2.45, 2.75) is 13.0 Å². The van der Waals surface area contributed by atoms with Crippen LogP contribution in [0.2, 0.25) is 0 Å². The van der Waals surface area contributed by atoms with Crippen molar-refractivity contribution >= 4 is 16.7 Å². The molecule has 2 aromatic rings. The Hall–Kier alpha value is -1.65. The van der Waals surface area contributed by atoms with E-state index in [1.807, 2.05) is 13.1 Å². The highest BCUT2D eigenvalue weighted by molar-refractivity contribution is 5.81.